The number of aromatic nitrogens is 1. The van der Waals surface area contributed by atoms with E-state index in [1.54, 1.807) is 0 Å². The molecule has 12 heavy (non-hydrogen) atoms. The van der Waals surface area contributed by atoms with Crippen molar-refractivity contribution in [3.63, 3.8) is 0 Å². The van der Waals surface area contributed by atoms with E-state index >= 15 is 0 Å². The van der Waals surface area contributed by atoms with Crippen molar-refractivity contribution in [1.82, 2.24) is 9.88 Å². The Morgan fingerprint density at radius 3 is 2.67 bits per heavy atom. The zero-order chi connectivity index (χ0) is 9.14. The summed E-state index contributed by atoms with van der Waals surface area (Å²) >= 11 is 0. The third kappa shape index (κ3) is 1.87. The number of hydrogen-bond acceptors (Lipinski definition) is 2. The van der Waals surface area contributed by atoms with Gasteiger partial charge in [-0.2, -0.15) is 0 Å². The van der Waals surface area contributed by atoms with Crippen molar-refractivity contribution in [2.45, 2.75) is 19.5 Å². The van der Waals surface area contributed by atoms with Crippen LogP contribution in [0.1, 0.15) is 24.2 Å². The van der Waals surface area contributed by atoms with Gasteiger partial charge in [-0.25, -0.2) is 0 Å². The third-order valence-corrected chi connectivity index (χ3v) is 2.24. The molecule has 1 atom stereocenters. The third-order valence-electron chi connectivity index (χ3n) is 2.24. The van der Waals surface area contributed by atoms with E-state index in [1.807, 2.05) is 6.20 Å². The summed E-state index contributed by atoms with van der Waals surface area (Å²) in [5.74, 6) is 0. The lowest BCUT2D eigenvalue weighted by atomic mass is 10.1. The molecule has 68 valence electrons. The van der Waals surface area contributed by atoms with Gasteiger partial charge in [-0.3, -0.25) is 0 Å². The maximum atomic E-state index is 5.49. The summed E-state index contributed by atoms with van der Waals surface area (Å²) in [5, 5.41) is 0. The largest absolute Gasteiger partial charge is 0.364 e. The Hall–Kier alpha value is -0.800. The molecular formula is C9H17N3. The summed E-state index contributed by atoms with van der Waals surface area (Å²) < 4.78 is 0. The highest BCUT2D eigenvalue weighted by atomic mass is 15.1. The van der Waals surface area contributed by atoms with Crippen LogP contribution >= 0.6 is 0 Å². The second-order valence-electron chi connectivity index (χ2n) is 3.30. The van der Waals surface area contributed by atoms with Crippen LogP contribution in [0.2, 0.25) is 0 Å². The summed E-state index contributed by atoms with van der Waals surface area (Å²) in [5.41, 5.74) is 7.88. The Labute approximate surface area is 73.6 Å². The fourth-order valence-electron chi connectivity index (χ4n) is 1.12. The minimum absolute atomic E-state index is 0.446. The minimum Gasteiger partial charge on any atom is -0.364 e. The number of nitrogens with one attached hydrogen (secondary N) is 1. The molecule has 1 aromatic rings. The molecule has 0 fully saturated rings. The van der Waals surface area contributed by atoms with Crippen LogP contribution in [-0.4, -0.2) is 24.0 Å². The second-order valence-corrected chi connectivity index (χ2v) is 3.30. The first kappa shape index (κ1) is 9.29. The Bertz CT molecular complexity index is 240. The van der Waals surface area contributed by atoms with Crippen molar-refractivity contribution in [3.8, 4) is 0 Å². The highest BCUT2D eigenvalue weighted by molar-refractivity contribution is 5.19. The monoisotopic (exact) mass is 167 g/mol. The van der Waals surface area contributed by atoms with Crippen molar-refractivity contribution in [1.29, 1.82) is 0 Å². The quantitative estimate of drug-likeness (QED) is 0.708. The lowest BCUT2D eigenvalue weighted by molar-refractivity contribution is 0.321. The molecule has 0 saturated carbocycles. The Morgan fingerprint density at radius 1 is 1.58 bits per heavy atom. The van der Waals surface area contributed by atoms with E-state index in [9.17, 15) is 0 Å². The summed E-state index contributed by atoms with van der Waals surface area (Å²) in [6.07, 6.45) is 2.02. The molecule has 0 radical (unpaired) electrons. The molecule has 0 saturated heterocycles. The van der Waals surface area contributed by atoms with Crippen LogP contribution in [0.3, 0.4) is 0 Å². The van der Waals surface area contributed by atoms with Crippen molar-refractivity contribution in [2.24, 2.45) is 5.73 Å². The van der Waals surface area contributed by atoms with E-state index in [0.717, 1.165) is 5.69 Å². The number of nitrogens with zero attached hydrogens (tertiary/aromatic N) is 1. The normalized spacial score (nSPS) is 13.8. The molecule has 0 amide bonds. The average Bonchev–Trinajstić information content (AvgIpc) is 2.50. The van der Waals surface area contributed by atoms with Gasteiger partial charge in [0.1, 0.15) is 0 Å². The van der Waals surface area contributed by atoms with Gasteiger partial charge in [0.25, 0.3) is 0 Å². The predicted molar refractivity (Wildman–Crippen MR) is 50.8 cm³/mol. The van der Waals surface area contributed by atoms with Crippen molar-refractivity contribution in [2.75, 3.05) is 14.1 Å². The molecule has 0 aliphatic carbocycles. The highest BCUT2D eigenvalue weighted by Gasteiger charge is 2.08. The highest BCUT2D eigenvalue weighted by Crippen LogP contribution is 2.17. The molecule has 0 aromatic carbocycles. The minimum atomic E-state index is 0.446. The van der Waals surface area contributed by atoms with Gasteiger partial charge in [0.05, 0.1) is 0 Å². The van der Waals surface area contributed by atoms with Crippen LogP contribution in [0.5, 0.6) is 0 Å². The summed E-state index contributed by atoms with van der Waals surface area (Å²) in [6, 6.07) is 2.56. The molecule has 1 heterocycles. The molecule has 0 bridgehead atoms. The maximum absolute atomic E-state index is 5.49. The number of nitrogens with two attached hydrogens (primary N) is 1. The Balaban J connectivity index is 2.74. The van der Waals surface area contributed by atoms with Crippen LogP contribution in [0, 0.1) is 0 Å². The first-order chi connectivity index (χ1) is 5.65. The molecule has 1 rings (SSSR count). The topological polar surface area (TPSA) is 45.1 Å². The van der Waals surface area contributed by atoms with Crippen LogP contribution in [0.4, 0.5) is 0 Å². The van der Waals surface area contributed by atoms with Crippen molar-refractivity contribution < 1.29 is 0 Å². The van der Waals surface area contributed by atoms with Gasteiger partial charge in [-0.05, 0) is 32.6 Å². The molecule has 0 spiro atoms. The molecule has 3 N–H and O–H groups in total. The molecule has 1 aromatic heterocycles. The fourth-order valence-corrected chi connectivity index (χ4v) is 1.12. The van der Waals surface area contributed by atoms with Crippen LogP contribution < -0.4 is 5.73 Å². The Kier molecular flexibility index (Phi) is 2.89. The van der Waals surface area contributed by atoms with Crippen LogP contribution in [-0.2, 0) is 6.54 Å². The molecule has 1 unspecified atom stereocenters. The standard InChI is InChI=1S/C9H17N3/c1-7(12(2)3)8-4-9(5-10)11-6-8/h4,6-7,11H,5,10H2,1-3H3. The van der Waals surface area contributed by atoms with Gasteiger partial charge in [0, 0.05) is 24.5 Å². The fraction of sp³-hybridized carbons (Fsp3) is 0.556. The van der Waals surface area contributed by atoms with E-state index in [4.69, 9.17) is 5.73 Å². The number of rotatable bonds is 3. The number of hydrogen-bond donors (Lipinski definition) is 2. The van der Waals surface area contributed by atoms with Gasteiger partial charge in [-0.1, -0.05) is 0 Å². The summed E-state index contributed by atoms with van der Waals surface area (Å²) in [4.78, 5) is 5.31. The lowest BCUT2D eigenvalue weighted by Gasteiger charge is -2.17. The zero-order valence-electron chi connectivity index (χ0n) is 7.96. The maximum Gasteiger partial charge on any atom is 0.0332 e. The van der Waals surface area contributed by atoms with E-state index < -0.39 is 0 Å². The summed E-state index contributed by atoms with van der Waals surface area (Å²) in [7, 11) is 4.14. The SMILES string of the molecule is CC(c1c[nH]c(CN)c1)N(C)C. The molecule has 3 heteroatoms. The van der Waals surface area contributed by atoms with Gasteiger partial charge >= 0.3 is 0 Å². The summed E-state index contributed by atoms with van der Waals surface area (Å²) in [6.45, 7) is 2.75. The van der Waals surface area contributed by atoms with Crippen LogP contribution in [0.25, 0.3) is 0 Å². The van der Waals surface area contributed by atoms with Crippen LogP contribution in [0.15, 0.2) is 12.3 Å². The molecule has 0 aliphatic heterocycles. The van der Waals surface area contributed by atoms with E-state index in [2.05, 4.69) is 37.0 Å². The van der Waals surface area contributed by atoms with E-state index in [0.29, 0.717) is 12.6 Å². The van der Waals surface area contributed by atoms with E-state index in [-0.39, 0.29) is 0 Å². The van der Waals surface area contributed by atoms with Crippen molar-refractivity contribution >= 4 is 0 Å². The first-order valence-electron chi connectivity index (χ1n) is 4.19. The van der Waals surface area contributed by atoms with Gasteiger partial charge in [0.15, 0.2) is 0 Å². The first-order valence-corrected chi connectivity index (χ1v) is 4.19. The molecule has 3 nitrogen and oxygen atoms in total. The average molecular weight is 167 g/mol. The van der Waals surface area contributed by atoms with Gasteiger partial charge in [-0.15, -0.1) is 0 Å². The number of H-pyrrole nitrogens is 1. The lowest BCUT2D eigenvalue weighted by Crippen LogP contribution is -2.15. The zero-order valence-corrected chi connectivity index (χ0v) is 7.96. The van der Waals surface area contributed by atoms with Crippen molar-refractivity contribution in [3.05, 3.63) is 23.5 Å². The number of aromatic amines is 1. The smallest absolute Gasteiger partial charge is 0.0332 e. The second kappa shape index (κ2) is 3.74. The molecule has 0 aliphatic rings. The van der Waals surface area contributed by atoms with Gasteiger partial charge in [0.2, 0.25) is 0 Å². The molecular weight excluding hydrogens is 150 g/mol. The predicted octanol–water partition coefficient (Wildman–Crippen LogP) is 1.10. The van der Waals surface area contributed by atoms with Gasteiger partial charge < -0.3 is 15.6 Å². The van der Waals surface area contributed by atoms with E-state index in [1.165, 1.54) is 5.56 Å². The Morgan fingerprint density at radius 2 is 2.25 bits per heavy atom.